The summed E-state index contributed by atoms with van der Waals surface area (Å²) < 4.78 is 38.4. The average Bonchev–Trinajstić information content (AvgIpc) is 2.07. The van der Waals surface area contributed by atoms with E-state index < -0.39 is 35.6 Å². The third kappa shape index (κ3) is 1.68. The van der Waals surface area contributed by atoms with Gasteiger partial charge in [-0.3, -0.25) is 0 Å². The maximum Gasteiger partial charge on any atom is 0.491 e. The molecular formula is C7H6BF3O2. The standard InChI is InChI=1S/C7H6BF3O2/c1-3-5(9)2-4(8(12)13)7(11)6(3)10/h2,12-13H,1H3. The van der Waals surface area contributed by atoms with Gasteiger partial charge in [-0.1, -0.05) is 0 Å². The van der Waals surface area contributed by atoms with Crippen molar-refractivity contribution in [3.63, 3.8) is 0 Å². The SMILES string of the molecule is Cc1c(F)cc(B(O)O)c(F)c1F. The first kappa shape index (κ1) is 10.1. The number of hydrogen-bond donors (Lipinski definition) is 2. The molecule has 0 aromatic heterocycles. The third-order valence-corrected chi connectivity index (χ3v) is 1.69. The molecule has 0 fully saturated rings. The van der Waals surface area contributed by atoms with Crippen LogP contribution in [0.5, 0.6) is 0 Å². The molecule has 70 valence electrons. The fourth-order valence-electron chi connectivity index (χ4n) is 0.892. The van der Waals surface area contributed by atoms with Crippen molar-refractivity contribution in [2.24, 2.45) is 0 Å². The first-order chi connectivity index (χ1) is 5.95. The minimum Gasteiger partial charge on any atom is -0.423 e. The maximum atomic E-state index is 12.8. The molecule has 13 heavy (non-hydrogen) atoms. The zero-order chi connectivity index (χ0) is 10.2. The second kappa shape index (κ2) is 3.39. The lowest BCUT2D eigenvalue weighted by atomic mass is 9.79. The van der Waals surface area contributed by atoms with Gasteiger partial charge in [-0.05, 0) is 13.0 Å². The minimum absolute atomic E-state index is 0.484. The molecule has 1 aromatic carbocycles. The maximum absolute atomic E-state index is 12.8. The number of benzene rings is 1. The van der Waals surface area contributed by atoms with E-state index in [1.165, 1.54) is 0 Å². The third-order valence-electron chi connectivity index (χ3n) is 1.69. The van der Waals surface area contributed by atoms with Crippen LogP contribution in [0.3, 0.4) is 0 Å². The van der Waals surface area contributed by atoms with E-state index in [9.17, 15) is 13.2 Å². The van der Waals surface area contributed by atoms with Crippen LogP contribution in [0.25, 0.3) is 0 Å². The van der Waals surface area contributed by atoms with Crippen molar-refractivity contribution in [1.29, 1.82) is 0 Å². The normalized spacial score (nSPS) is 10.3. The molecule has 0 aliphatic carbocycles. The Morgan fingerprint density at radius 3 is 2.15 bits per heavy atom. The van der Waals surface area contributed by atoms with Gasteiger partial charge in [-0.25, -0.2) is 13.2 Å². The summed E-state index contributed by atoms with van der Waals surface area (Å²) in [7, 11) is -2.22. The van der Waals surface area contributed by atoms with Gasteiger partial charge in [0.05, 0.1) is 0 Å². The summed E-state index contributed by atoms with van der Waals surface area (Å²) >= 11 is 0. The van der Waals surface area contributed by atoms with E-state index in [-0.39, 0.29) is 0 Å². The molecule has 0 bridgehead atoms. The number of hydrogen-bond acceptors (Lipinski definition) is 2. The van der Waals surface area contributed by atoms with Crippen molar-refractivity contribution in [1.82, 2.24) is 0 Å². The van der Waals surface area contributed by atoms with Gasteiger partial charge in [0.2, 0.25) is 0 Å². The molecule has 0 saturated carbocycles. The quantitative estimate of drug-likeness (QED) is 0.486. The van der Waals surface area contributed by atoms with E-state index in [0.29, 0.717) is 6.07 Å². The first-order valence-electron chi connectivity index (χ1n) is 3.45. The second-order valence-corrected chi connectivity index (χ2v) is 2.57. The van der Waals surface area contributed by atoms with Crippen molar-refractivity contribution < 1.29 is 23.2 Å². The van der Waals surface area contributed by atoms with Crippen molar-refractivity contribution in [3.8, 4) is 0 Å². The average molecular weight is 190 g/mol. The summed E-state index contributed by atoms with van der Waals surface area (Å²) in [5.41, 5.74) is -1.29. The van der Waals surface area contributed by atoms with Gasteiger partial charge in [0.25, 0.3) is 0 Å². The molecule has 0 aliphatic heterocycles. The molecule has 0 spiro atoms. The molecule has 1 rings (SSSR count). The van der Waals surface area contributed by atoms with Gasteiger partial charge >= 0.3 is 7.12 Å². The second-order valence-electron chi connectivity index (χ2n) is 2.57. The van der Waals surface area contributed by atoms with Crippen molar-refractivity contribution >= 4 is 12.6 Å². The monoisotopic (exact) mass is 190 g/mol. The molecule has 0 aliphatic rings. The van der Waals surface area contributed by atoms with Crippen LogP contribution in [0.4, 0.5) is 13.2 Å². The van der Waals surface area contributed by atoms with E-state index in [2.05, 4.69) is 0 Å². The Bertz CT molecular complexity index is 341. The lowest BCUT2D eigenvalue weighted by Gasteiger charge is -2.05. The summed E-state index contributed by atoms with van der Waals surface area (Å²) in [6.45, 7) is 1.06. The number of halogens is 3. The first-order valence-corrected chi connectivity index (χ1v) is 3.45. The van der Waals surface area contributed by atoms with Crippen LogP contribution in [0.1, 0.15) is 5.56 Å². The molecule has 6 heteroatoms. The minimum atomic E-state index is -2.22. The molecule has 0 saturated heterocycles. The fourth-order valence-corrected chi connectivity index (χ4v) is 0.892. The summed E-state index contributed by atoms with van der Waals surface area (Å²) in [6, 6.07) is 0.554. The highest BCUT2D eigenvalue weighted by Gasteiger charge is 2.23. The van der Waals surface area contributed by atoms with Gasteiger partial charge in [0.15, 0.2) is 11.6 Å². The van der Waals surface area contributed by atoms with Gasteiger partial charge in [0, 0.05) is 11.0 Å². The van der Waals surface area contributed by atoms with E-state index in [4.69, 9.17) is 10.0 Å². The summed E-state index contributed by atoms with van der Waals surface area (Å²) in [5.74, 6) is -3.85. The molecule has 0 atom stereocenters. The molecule has 2 nitrogen and oxygen atoms in total. The zero-order valence-corrected chi connectivity index (χ0v) is 6.68. The predicted molar refractivity (Wildman–Crippen MR) is 40.9 cm³/mol. The molecule has 0 unspecified atom stereocenters. The Hall–Kier alpha value is -1.01. The summed E-state index contributed by atoms with van der Waals surface area (Å²) in [5, 5.41) is 17.1. The molecule has 0 heterocycles. The fraction of sp³-hybridized carbons (Fsp3) is 0.143. The van der Waals surface area contributed by atoms with Crippen molar-refractivity contribution in [3.05, 3.63) is 29.1 Å². The Morgan fingerprint density at radius 1 is 1.15 bits per heavy atom. The molecule has 0 amide bonds. The van der Waals surface area contributed by atoms with Crippen LogP contribution in [-0.4, -0.2) is 17.2 Å². The largest absolute Gasteiger partial charge is 0.491 e. The smallest absolute Gasteiger partial charge is 0.423 e. The van der Waals surface area contributed by atoms with Crippen LogP contribution in [0.15, 0.2) is 6.07 Å². The molecule has 2 N–H and O–H groups in total. The van der Waals surface area contributed by atoms with Crippen LogP contribution in [0, 0.1) is 24.4 Å². The lowest BCUT2D eigenvalue weighted by Crippen LogP contribution is -2.34. The Kier molecular flexibility index (Phi) is 2.63. The summed E-state index contributed by atoms with van der Waals surface area (Å²) in [4.78, 5) is 0. The Labute approximate surface area is 72.8 Å². The topological polar surface area (TPSA) is 40.5 Å². The van der Waals surface area contributed by atoms with Crippen LogP contribution >= 0.6 is 0 Å². The van der Waals surface area contributed by atoms with Crippen LogP contribution in [0.2, 0.25) is 0 Å². The van der Waals surface area contributed by atoms with E-state index in [1.807, 2.05) is 0 Å². The zero-order valence-electron chi connectivity index (χ0n) is 6.68. The highest BCUT2D eigenvalue weighted by Crippen LogP contribution is 2.12. The van der Waals surface area contributed by atoms with E-state index in [1.54, 1.807) is 0 Å². The van der Waals surface area contributed by atoms with E-state index in [0.717, 1.165) is 6.92 Å². The predicted octanol–water partition coefficient (Wildman–Crippen LogP) is 0.0921. The van der Waals surface area contributed by atoms with Crippen LogP contribution in [-0.2, 0) is 0 Å². The van der Waals surface area contributed by atoms with Gasteiger partial charge in [0.1, 0.15) is 5.82 Å². The molecular weight excluding hydrogens is 184 g/mol. The lowest BCUT2D eigenvalue weighted by molar-refractivity contribution is 0.418. The Morgan fingerprint density at radius 2 is 1.69 bits per heavy atom. The van der Waals surface area contributed by atoms with Crippen molar-refractivity contribution in [2.45, 2.75) is 6.92 Å². The summed E-state index contributed by atoms with van der Waals surface area (Å²) in [6.07, 6.45) is 0. The van der Waals surface area contributed by atoms with Gasteiger partial charge < -0.3 is 10.0 Å². The van der Waals surface area contributed by atoms with Gasteiger partial charge in [-0.2, -0.15) is 0 Å². The Balaban J connectivity index is 3.41. The molecule has 0 radical (unpaired) electrons. The van der Waals surface area contributed by atoms with Crippen molar-refractivity contribution in [2.75, 3.05) is 0 Å². The van der Waals surface area contributed by atoms with Gasteiger partial charge in [-0.15, -0.1) is 0 Å². The molecule has 1 aromatic rings. The van der Waals surface area contributed by atoms with E-state index >= 15 is 0 Å². The highest BCUT2D eigenvalue weighted by molar-refractivity contribution is 6.58. The number of rotatable bonds is 1. The van der Waals surface area contributed by atoms with Crippen LogP contribution < -0.4 is 5.46 Å². The highest BCUT2D eigenvalue weighted by atomic mass is 19.2.